The number of carboxylic acids is 1. The van der Waals surface area contributed by atoms with Crippen LogP contribution in [-0.4, -0.2) is 20.6 Å². The molecule has 8 heteroatoms. The van der Waals surface area contributed by atoms with Crippen molar-refractivity contribution in [3.63, 3.8) is 0 Å². The topological polar surface area (TPSA) is 114 Å². The number of nitrogens with one attached hydrogen (secondary N) is 1. The fourth-order valence-electron chi connectivity index (χ4n) is 4.14. The number of halogens is 1. The normalized spacial score (nSPS) is 11.4. The van der Waals surface area contributed by atoms with Gasteiger partial charge in [-0.3, -0.25) is 4.79 Å². The van der Waals surface area contributed by atoms with Gasteiger partial charge in [0.15, 0.2) is 0 Å². The third kappa shape index (κ3) is 3.00. The lowest BCUT2D eigenvalue weighted by molar-refractivity contribution is 0.0687. The molecule has 0 aliphatic heterocycles. The number of nitrogens with zero attached hydrogens (tertiary/aromatic N) is 1. The quantitative estimate of drug-likeness (QED) is 0.388. The maximum atomic E-state index is 14.9. The van der Waals surface area contributed by atoms with Gasteiger partial charge in [0.05, 0.1) is 28.1 Å². The summed E-state index contributed by atoms with van der Waals surface area (Å²) < 4.78 is 22.0. The predicted octanol–water partition coefficient (Wildman–Crippen LogP) is 4.09. The summed E-state index contributed by atoms with van der Waals surface area (Å²) in [6.45, 7) is 0.537. The van der Waals surface area contributed by atoms with Gasteiger partial charge in [-0.05, 0) is 35.4 Å². The number of fused-ring (bicyclic) bond motifs is 3. The first kappa shape index (κ1) is 19.8. The standard InChI is InChI=1S/C24H18FN3O4/c25-17-10-18-20(22-15(17)7-9-32-22)19(16-2-1-8-27-23(16)29)21(24(30)31)28(18)12-14-5-3-13(11-26)4-6-14/h1-10H,11-12,26H2,(H,27,29)(H,30,31). The Morgan fingerprint density at radius 2 is 1.91 bits per heavy atom. The van der Waals surface area contributed by atoms with Crippen LogP contribution in [0, 0.1) is 5.82 Å². The SMILES string of the molecule is NCc1ccc(Cn2c(C(=O)O)c(-c3ccc[nH]c3=O)c3c4occc4c(F)cc32)cc1. The van der Waals surface area contributed by atoms with Crippen LogP contribution in [-0.2, 0) is 13.1 Å². The summed E-state index contributed by atoms with van der Waals surface area (Å²) in [7, 11) is 0. The van der Waals surface area contributed by atoms with Gasteiger partial charge in [0.1, 0.15) is 17.1 Å². The molecule has 0 bridgehead atoms. The van der Waals surface area contributed by atoms with Gasteiger partial charge in [-0.2, -0.15) is 0 Å². The first-order valence-electron chi connectivity index (χ1n) is 9.90. The van der Waals surface area contributed by atoms with Gasteiger partial charge >= 0.3 is 5.97 Å². The van der Waals surface area contributed by atoms with Crippen molar-refractivity contribution in [3.8, 4) is 11.1 Å². The minimum absolute atomic E-state index is 0.122. The Labute approximate surface area is 180 Å². The number of benzene rings is 2. The number of aromatic carboxylic acids is 1. The van der Waals surface area contributed by atoms with Crippen molar-refractivity contribution < 1.29 is 18.7 Å². The number of rotatable bonds is 5. The summed E-state index contributed by atoms with van der Waals surface area (Å²) in [5.74, 6) is -1.78. The number of hydrogen-bond donors (Lipinski definition) is 3. The van der Waals surface area contributed by atoms with E-state index in [0.717, 1.165) is 11.1 Å². The minimum Gasteiger partial charge on any atom is -0.477 e. The molecule has 5 aromatic rings. The molecule has 0 spiro atoms. The van der Waals surface area contributed by atoms with Crippen LogP contribution < -0.4 is 11.3 Å². The second-order valence-electron chi connectivity index (χ2n) is 7.46. The Kier molecular flexibility index (Phi) is 4.64. The van der Waals surface area contributed by atoms with Crippen LogP contribution >= 0.6 is 0 Å². The molecule has 3 heterocycles. The summed E-state index contributed by atoms with van der Waals surface area (Å²) in [5.41, 5.74) is 7.69. The molecule has 0 atom stereocenters. The Morgan fingerprint density at radius 3 is 2.59 bits per heavy atom. The number of furan rings is 1. The summed E-state index contributed by atoms with van der Waals surface area (Å²) in [4.78, 5) is 27.7. The molecule has 0 saturated carbocycles. The fourth-order valence-corrected chi connectivity index (χ4v) is 4.14. The van der Waals surface area contributed by atoms with Crippen LogP contribution in [0.3, 0.4) is 0 Å². The average molecular weight is 431 g/mol. The highest BCUT2D eigenvalue weighted by molar-refractivity contribution is 6.17. The Bertz CT molecular complexity index is 1540. The van der Waals surface area contributed by atoms with Gasteiger partial charge in [0.2, 0.25) is 0 Å². The van der Waals surface area contributed by atoms with Crippen molar-refractivity contribution in [2.24, 2.45) is 5.73 Å². The molecule has 0 saturated heterocycles. The minimum atomic E-state index is -1.24. The lowest BCUT2D eigenvalue weighted by atomic mass is 10.0. The van der Waals surface area contributed by atoms with E-state index >= 15 is 0 Å². The van der Waals surface area contributed by atoms with Gasteiger partial charge in [-0.25, -0.2) is 9.18 Å². The van der Waals surface area contributed by atoms with E-state index in [1.165, 1.54) is 29.2 Å². The molecular formula is C24H18FN3O4. The zero-order valence-electron chi connectivity index (χ0n) is 16.8. The summed E-state index contributed by atoms with van der Waals surface area (Å²) in [5, 5.41) is 10.8. The molecule has 2 aromatic carbocycles. The van der Waals surface area contributed by atoms with Gasteiger partial charge in [0, 0.05) is 24.8 Å². The van der Waals surface area contributed by atoms with Crippen LogP contribution in [0.4, 0.5) is 4.39 Å². The number of carboxylic acid groups (broad SMARTS) is 1. The molecule has 0 aliphatic rings. The highest BCUT2D eigenvalue weighted by Gasteiger charge is 2.28. The summed E-state index contributed by atoms with van der Waals surface area (Å²) >= 11 is 0. The Morgan fingerprint density at radius 1 is 1.16 bits per heavy atom. The molecule has 7 nitrogen and oxygen atoms in total. The van der Waals surface area contributed by atoms with Crippen molar-refractivity contribution >= 4 is 27.8 Å². The summed E-state index contributed by atoms with van der Waals surface area (Å²) in [6.07, 6.45) is 2.81. The number of pyridine rings is 1. The average Bonchev–Trinajstić information content (AvgIpc) is 3.39. The molecule has 0 radical (unpaired) electrons. The second-order valence-corrected chi connectivity index (χ2v) is 7.46. The van der Waals surface area contributed by atoms with Gasteiger partial charge in [-0.1, -0.05) is 24.3 Å². The maximum absolute atomic E-state index is 14.9. The monoisotopic (exact) mass is 431 g/mol. The van der Waals surface area contributed by atoms with Crippen molar-refractivity contribution in [3.05, 3.63) is 94.0 Å². The van der Waals surface area contributed by atoms with Crippen LogP contribution in [0.15, 0.2) is 70.2 Å². The van der Waals surface area contributed by atoms with E-state index in [1.807, 2.05) is 24.3 Å². The molecule has 3 aromatic heterocycles. The summed E-state index contributed by atoms with van der Waals surface area (Å²) in [6, 6.07) is 13.3. The lowest BCUT2D eigenvalue weighted by Gasteiger charge is -2.10. The molecule has 160 valence electrons. The Hall–Kier alpha value is -4.17. The molecule has 0 amide bonds. The molecule has 4 N–H and O–H groups in total. The lowest BCUT2D eigenvalue weighted by Crippen LogP contribution is -2.13. The van der Waals surface area contributed by atoms with Crippen molar-refractivity contribution in [1.29, 1.82) is 0 Å². The number of aromatic nitrogens is 2. The predicted molar refractivity (Wildman–Crippen MR) is 118 cm³/mol. The van der Waals surface area contributed by atoms with Crippen molar-refractivity contribution in [1.82, 2.24) is 9.55 Å². The highest BCUT2D eigenvalue weighted by Crippen LogP contribution is 2.40. The van der Waals surface area contributed by atoms with Gasteiger partial charge < -0.3 is 24.8 Å². The molecule has 0 aliphatic carbocycles. The zero-order valence-corrected chi connectivity index (χ0v) is 16.8. The number of aromatic amines is 1. The Balaban J connectivity index is 1.90. The highest BCUT2D eigenvalue weighted by atomic mass is 19.1. The van der Waals surface area contributed by atoms with E-state index in [2.05, 4.69) is 4.98 Å². The number of carbonyl (C=O) groups is 1. The van der Waals surface area contributed by atoms with Crippen LogP contribution in [0.5, 0.6) is 0 Å². The number of nitrogens with two attached hydrogens (primary N) is 1. The van der Waals surface area contributed by atoms with Crippen LogP contribution in [0.25, 0.3) is 33.0 Å². The van der Waals surface area contributed by atoms with E-state index in [4.69, 9.17) is 10.2 Å². The second kappa shape index (κ2) is 7.51. The molecule has 32 heavy (non-hydrogen) atoms. The largest absolute Gasteiger partial charge is 0.477 e. The fraction of sp³-hybridized carbons (Fsp3) is 0.0833. The number of hydrogen-bond acceptors (Lipinski definition) is 4. The van der Waals surface area contributed by atoms with Gasteiger partial charge in [-0.15, -0.1) is 0 Å². The van der Waals surface area contributed by atoms with Crippen LogP contribution in [0.2, 0.25) is 0 Å². The van der Waals surface area contributed by atoms with E-state index in [9.17, 15) is 19.1 Å². The molecular weight excluding hydrogens is 413 g/mol. The third-order valence-corrected chi connectivity index (χ3v) is 5.61. The van der Waals surface area contributed by atoms with E-state index in [-0.39, 0.29) is 34.3 Å². The van der Waals surface area contributed by atoms with Crippen molar-refractivity contribution in [2.45, 2.75) is 13.1 Å². The van der Waals surface area contributed by atoms with E-state index in [1.54, 1.807) is 12.1 Å². The van der Waals surface area contributed by atoms with E-state index < -0.39 is 17.3 Å². The van der Waals surface area contributed by atoms with E-state index in [0.29, 0.717) is 17.4 Å². The number of H-pyrrole nitrogens is 1. The molecule has 0 fully saturated rings. The van der Waals surface area contributed by atoms with Gasteiger partial charge in [0.25, 0.3) is 5.56 Å². The van der Waals surface area contributed by atoms with Crippen LogP contribution in [0.1, 0.15) is 21.6 Å². The molecule has 0 unspecified atom stereocenters. The molecule has 5 rings (SSSR count). The van der Waals surface area contributed by atoms with Crippen molar-refractivity contribution in [2.75, 3.05) is 0 Å². The smallest absolute Gasteiger partial charge is 0.353 e. The maximum Gasteiger partial charge on any atom is 0.353 e. The third-order valence-electron chi connectivity index (χ3n) is 5.61. The first-order chi connectivity index (χ1) is 15.5. The zero-order chi connectivity index (χ0) is 22.4. The first-order valence-corrected chi connectivity index (χ1v) is 9.90.